The van der Waals surface area contributed by atoms with Crippen LogP contribution in [0.4, 0.5) is 0 Å². The number of hydrogen-bond acceptors (Lipinski definition) is 3. The van der Waals surface area contributed by atoms with Gasteiger partial charge in [0.1, 0.15) is 10.5 Å². The molecule has 0 aliphatic carbocycles. The molecule has 2 aromatic rings. The standard InChI is InChI=1S/C11H11BrN2S/c1-6-4-8(12)10-9(5-6)13-7(2)11(14-10)15-3/h4-5H,1-3H3. The number of halogens is 1. The topological polar surface area (TPSA) is 25.8 Å². The molecule has 0 N–H and O–H groups in total. The predicted octanol–water partition coefficient (Wildman–Crippen LogP) is 3.73. The third-order valence-corrected chi connectivity index (χ3v) is 3.57. The summed E-state index contributed by atoms with van der Waals surface area (Å²) in [4.78, 5) is 9.14. The van der Waals surface area contributed by atoms with Crippen molar-refractivity contribution in [2.75, 3.05) is 6.26 Å². The third-order valence-electron chi connectivity index (χ3n) is 2.19. The molecule has 15 heavy (non-hydrogen) atoms. The molecule has 78 valence electrons. The molecule has 0 atom stereocenters. The molecule has 0 spiro atoms. The molecule has 2 nitrogen and oxygen atoms in total. The number of aromatic nitrogens is 2. The minimum atomic E-state index is 0.940. The molecule has 0 radical (unpaired) electrons. The zero-order valence-electron chi connectivity index (χ0n) is 8.84. The van der Waals surface area contributed by atoms with Gasteiger partial charge >= 0.3 is 0 Å². The number of thioether (sulfide) groups is 1. The molecule has 1 heterocycles. The highest BCUT2D eigenvalue weighted by Gasteiger charge is 2.07. The van der Waals surface area contributed by atoms with Gasteiger partial charge < -0.3 is 0 Å². The van der Waals surface area contributed by atoms with Gasteiger partial charge in [-0.25, -0.2) is 9.97 Å². The van der Waals surface area contributed by atoms with Gasteiger partial charge in [0.2, 0.25) is 0 Å². The van der Waals surface area contributed by atoms with E-state index in [2.05, 4.69) is 45.0 Å². The van der Waals surface area contributed by atoms with E-state index in [0.717, 1.165) is 26.2 Å². The minimum Gasteiger partial charge on any atom is -0.249 e. The normalized spacial score (nSPS) is 10.9. The van der Waals surface area contributed by atoms with Crippen LogP contribution >= 0.6 is 27.7 Å². The highest BCUT2D eigenvalue weighted by Crippen LogP contribution is 2.26. The summed E-state index contributed by atoms with van der Waals surface area (Å²) in [6.07, 6.45) is 2.02. The lowest BCUT2D eigenvalue weighted by molar-refractivity contribution is 1.04. The smallest absolute Gasteiger partial charge is 0.118 e. The Hall–Kier alpha value is -0.610. The Bertz CT molecular complexity index is 525. The molecule has 0 bridgehead atoms. The Morgan fingerprint density at radius 2 is 1.93 bits per heavy atom. The van der Waals surface area contributed by atoms with Crippen molar-refractivity contribution in [1.82, 2.24) is 9.97 Å². The van der Waals surface area contributed by atoms with Crippen LogP contribution in [-0.2, 0) is 0 Å². The summed E-state index contributed by atoms with van der Waals surface area (Å²) in [5, 5.41) is 0.993. The van der Waals surface area contributed by atoms with Crippen LogP contribution in [0.15, 0.2) is 21.6 Å². The van der Waals surface area contributed by atoms with Crippen molar-refractivity contribution < 1.29 is 0 Å². The zero-order valence-corrected chi connectivity index (χ0v) is 11.2. The Morgan fingerprint density at radius 1 is 1.20 bits per heavy atom. The molecule has 0 aliphatic rings. The van der Waals surface area contributed by atoms with E-state index >= 15 is 0 Å². The van der Waals surface area contributed by atoms with E-state index in [1.807, 2.05) is 13.2 Å². The van der Waals surface area contributed by atoms with Crippen molar-refractivity contribution in [3.8, 4) is 0 Å². The van der Waals surface area contributed by atoms with Crippen LogP contribution in [0.3, 0.4) is 0 Å². The van der Waals surface area contributed by atoms with Gasteiger partial charge in [0.15, 0.2) is 0 Å². The summed E-state index contributed by atoms with van der Waals surface area (Å²) in [7, 11) is 0. The Labute approximate surface area is 102 Å². The molecule has 4 heteroatoms. The fraction of sp³-hybridized carbons (Fsp3) is 0.273. The average molecular weight is 283 g/mol. The van der Waals surface area contributed by atoms with Crippen molar-refractivity contribution in [3.05, 3.63) is 27.9 Å². The molecule has 1 aromatic heterocycles. The van der Waals surface area contributed by atoms with Crippen molar-refractivity contribution in [2.45, 2.75) is 18.9 Å². The minimum absolute atomic E-state index is 0.940. The number of rotatable bonds is 1. The lowest BCUT2D eigenvalue weighted by Crippen LogP contribution is -1.93. The molecule has 1 aromatic carbocycles. The van der Waals surface area contributed by atoms with Gasteiger partial charge in [-0.2, -0.15) is 0 Å². The maximum atomic E-state index is 4.59. The van der Waals surface area contributed by atoms with E-state index in [-0.39, 0.29) is 0 Å². The third kappa shape index (κ3) is 2.01. The molecule has 2 rings (SSSR count). The lowest BCUT2D eigenvalue weighted by atomic mass is 10.2. The van der Waals surface area contributed by atoms with Crippen LogP contribution in [0.1, 0.15) is 11.3 Å². The van der Waals surface area contributed by atoms with Crippen molar-refractivity contribution >= 4 is 38.7 Å². The molecule has 0 fully saturated rings. The molecule has 0 amide bonds. The van der Waals surface area contributed by atoms with Gasteiger partial charge in [0.05, 0.1) is 11.2 Å². The maximum absolute atomic E-state index is 4.59. The largest absolute Gasteiger partial charge is 0.249 e. The zero-order chi connectivity index (χ0) is 11.0. The number of benzene rings is 1. The number of fused-ring (bicyclic) bond motifs is 1. The average Bonchev–Trinajstić information content (AvgIpc) is 2.16. The van der Waals surface area contributed by atoms with E-state index in [1.165, 1.54) is 5.56 Å². The van der Waals surface area contributed by atoms with Gasteiger partial charge in [-0.05, 0) is 53.7 Å². The van der Waals surface area contributed by atoms with Crippen molar-refractivity contribution in [1.29, 1.82) is 0 Å². The van der Waals surface area contributed by atoms with Crippen LogP contribution in [0.2, 0.25) is 0 Å². The number of hydrogen-bond donors (Lipinski definition) is 0. The van der Waals surface area contributed by atoms with E-state index in [1.54, 1.807) is 11.8 Å². The number of aryl methyl sites for hydroxylation is 2. The summed E-state index contributed by atoms with van der Waals surface area (Å²) < 4.78 is 1.01. The summed E-state index contributed by atoms with van der Waals surface area (Å²) in [5.41, 5.74) is 4.08. The van der Waals surface area contributed by atoms with E-state index in [9.17, 15) is 0 Å². The first-order valence-electron chi connectivity index (χ1n) is 4.60. The maximum Gasteiger partial charge on any atom is 0.118 e. The lowest BCUT2D eigenvalue weighted by Gasteiger charge is -2.06. The Balaban J connectivity index is 2.81. The van der Waals surface area contributed by atoms with Crippen molar-refractivity contribution in [2.24, 2.45) is 0 Å². The molecule has 0 aliphatic heterocycles. The predicted molar refractivity (Wildman–Crippen MR) is 68.5 cm³/mol. The quantitative estimate of drug-likeness (QED) is 0.746. The molecular weight excluding hydrogens is 272 g/mol. The molecular formula is C11H11BrN2S. The van der Waals surface area contributed by atoms with Gasteiger partial charge in [-0.3, -0.25) is 0 Å². The first-order chi connectivity index (χ1) is 7.11. The Kier molecular flexibility index (Phi) is 2.98. The van der Waals surface area contributed by atoms with Gasteiger partial charge in [-0.15, -0.1) is 11.8 Å². The summed E-state index contributed by atoms with van der Waals surface area (Å²) in [6.45, 7) is 4.05. The van der Waals surface area contributed by atoms with E-state index in [0.29, 0.717) is 0 Å². The summed E-state index contributed by atoms with van der Waals surface area (Å²) >= 11 is 5.15. The fourth-order valence-electron chi connectivity index (χ4n) is 1.52. The SMILES string of the molecule is CSc1nc2c(Br)cc(C)cc2nc1C. The Morgan fingerprint density at radius 3 is 2.60 bits per heavy atom. The van der Waals surface area contributed by atoms with E-state index in [4.69, 9.17) is 0 Å². The van der Waals surface area contributed by atoms with Crippen LogP contribution in [0.25, 0.3) is 11.0 Å². The highest BCUT2D eigenvalue weighted by atomic mass is 79.9. The second-order valence-corrected chi connectivity index (χ2v) is 5.08. The van der Waals surface area contributed by atoms with Crippen LogP contribution < -0.4 is 0 Å². The van der Waals surface area contributed by atoms with E-state index < -0.39 is 0 Å². The first-order valence-corrected chi connectivity index (χ1v) is 6.62. The van der Waals surface area contributed by atoms with Gasteiger partial charge in [0.25, 0.3) is 0 Å². The van der Waals surface area contributed by atoms with Gasteiger partial charge in [0, 0.05) is 4.47 Å². The second-order valence-electron chi connectivity index (χ2n) is 3.43. The molecule has 0 saturated carbocycles. The van der Waals surface area contributed by atoms with Crippen molar-refractivity contribution in [3.63, 3.8) is 0 Å². The number of nitrogens with zero attached hydrogens (tertiary/aromatic N) is 2. The van der Waals surface area contributed by atoms with Crippen LogP contribution in [0, 0.1) is 13.8 Å². The summed E-state index contributed by atoms with van der Waals surface area (Å²) in [6, 6.07) is 4.13. The fourth-order valence-corrected chi connectivity index (χ4v) is 2.69. The molecule has 0 unspecified atom stereocenters. The molecule has 0 saturated heterocycles. The van der Waals surface area contributed by atoms with Gasteiger partial charge in [-0.1, -0.05) is 0 Å². The monoisotopic (exact) mass is 282 g/mol. The second kappa shape index (κ2) is 4.10. The van der Waals surface area contributed by atoms with Crippen LogP contribution in [0.5, 0.6) is 0 Å². The van der Waals surface area contributed by atoms with Crippen LogP contribution in [-0.4, -0.2) is 16.2 Å². The summed E-state index contributed by atoms with van der Waals surface area (Å²) in [5.74, 6) is 0. The highest BCUT2D eigenvalue weighted by molar-refractivity contribution is 9.10. The first kappa shape index (κ1) is 10.9.